The zero-order valence-electron chi connectivity index (χ0n) is 13.9. The van der Waals surface area contributed by atoms with E-state index >= 15 is 0 Å². The average molecular weight is 332 g/mol. The lowest BCUT2D eigenvalue weighted by molar-refractivity contribution is 0.0696. The van der Waals surface area contributed by atoms with Gasteiger partial charge in [-0.1, -0.05) is 18.1 Å². The van der Waals surface area contributed by atoms with E-state index < -0.39 is 5.97 Å². The molecule has 0 radical (unpaired) electrons. The highest BCUT2D eigenvalue weighted by Crippen LogP contribution is 2.20. The van der Waals surface area contributed by atoms with E-state index in [0.717, 1.165) is 16.5 Å². The van der Waals surface area contributed by atoms with E-state index in [9.17, 15) is 14.7 Å². The smallest absolute Gasteiger partial charge is 0.335 e. The van der Waals surface area contributed by atoms with Crippen molar-refractivity contribution in [3.05, 3.63) is 74.7 Å². The number of H-pyrrole nitrogens is 1. The van der Waals surface area contributed by atoms with Crippen LogP contribution < -0.4 is 5.56 Å². The van der Waals surface area contributed by atoms with E-state index in [4.69, 9.17) is 0 Å². The molecule has 0 atom stereocenters. The first kappa shape index (κ1) is 16.5. The molecule has 0 aliphatic carbocycles. The number of nitrogens with zero attached hydrogens (tertiary/aromatic N) is 1. The summed E-state index contributed by atoms with van der Waals surface area (Å²) in [5.41, 5.74) is 3.01. The molecule has 0 spiro atoms. The van der Waals surface area contributed by atoms with Gasteiger partial charge in [0.2, 0.25) is 0 Å². The van der Waals surface area contributed by atoms with E-state index in [1.54, 1.807) is 38.1 Å². The molecule has 0 bridgehead atoms. The van der Waals surface area contributed by atoms with Crippen LogP contribution >= 0.6 is 0 Å². The Morgan fingerprint density at radius 3 is 2.72 bits per heavy atom. The predicted octanol–water partition coefficient (Wildman–Crippen LogP) is 2.89. The molecular weight excluding hydrogens is 316 g/mol. The van der Waals surface area contributed by atoms with Crippen molar-refractivity contribution < 1.29 is 9.90 Å². The lowest BCUT2D eigenvalue weighted by Crippen LogP contribution is -2.11. The Hall–Kier alpha value is -3.39. The number of carboxylic acids is 1. The van der Waals surface area contributed by atoms with Crippen molar-refractivity contribution in [2.45, 2.75) is 20.3 Å². The monoisotopic (exact) mass is 332 g/mol. The van der Waals surface area contributed by atoms with E-state index in [1.165, 1.54) is 0 Å². The standard InChI is InChI=1S/C20H16N2O3/c1-3-4-13-7-8-15-17(9-13)18(21-22-19(15)23)11-14-6-5-12(2)16(10-14)20(24)25/h5-10H,11H2,1-2H3,(H,22,23)(H,24,25). The first-order chi connectivity index (χ1) is 12.0. The summed E-state index contributed by atoms with van der Waals surface area (Å²) in [7, 11) is 0. The van der Waals surface area contributed by atoms with Gasteiger partial charge in [0.1, 0.15) is 0 Å². The second kappa shape index (κ2) is 6.62. The highest BCUT2D eigenvalue weighted by atomic mass is 16.4. The fourth-order valence-corrected chi connectivity index (χ4v) is 2.78. The Morgan fingerprint density at radius 1 is 1.20 bits per heavy atom. The number of hydrogen-bond acceptors (Lipinski definition) is 3. The molecule has 0 aliphatic heterocycles. The fourth-order valence-electron chi connectivity index (χ4n) is 2.78. The number of nitrogens with one attached hydrogen (secondary N) is 1. The van der Waals surface area contributed by atoms with Crippen LogP contribution in [0.5, 0.6) is 0 Å². The van der Waals surface area contributed by atoms with Gasteiger partial charge in [-0.25, -0.2) is 9.89 Å². The van der Waals surface area contributed by atoms with Crippen LogP contribution in [0, 0.1) is 18.8 Å². The topological polar surface area (TPSA) is 83.0 Å². The molecule has 3 aromatic rings. The molecule has 25 heavy (non-hydrogen) atoms. The summed E-state index contributed by atoms with van der Waals surface area (Å²) in [4.78, 5) is 23.3. The largest absolute Gasteiger partial charge is 0.478 e. The number of hydrogen-bond donors (Lipinski definition) is 2. The first-order valence-electron chi connectivity index (χ1n) is 7.76. The molecule has 0 aliphatic rings. The zero-order chi connectivity index (χ0) is 18.0. The molecule has 0 fully saturated rings. The summed E-state index contributed by atoms with van der Waals surface area (Å²) in [5, 5.41) is 17.2. The van der Waals surface area contributed by atoms with Gasteiger partial charge < -0.3 is 5.11 Å². The van der Waals surface area contributed by atoms with Crippen LogP contribution in [0.1, 0.15) is 39.7 Å². The molecule has 1 aromatic heterocycles. The summed E-state index contributed by atoms with van der Waals surface area (Å²) in [5.74, 6) is 4.85. The highest BCUT2D eigenvalue weighted by molar-refractivity contribution is 5.89. The number of rotatable bonds is 3. The third-order valence-electron chi connectivity index (χ3n) is 4.04. The summed E-state index contributed by atoms with van der Waals surface area (Å²) >= 11 is 0. The number of carboxylic acid groups (broad SMARTS) is 1. The normalized spacial score (nSPS) is 10.3. The van der Waals surface area contributed by atoms with Gasteiger partial charge in [0, 0.05) is 17.4 Å². The Morgan fingerprint density at radius 2 is 2.00 bits per heavy atom. The molecule has 0 saturated carbocycles. The van der Waals surface area contributed by atoms with Gasteiger partial charge in [0.15, 0.2) is 0 Å². The maximum atomic E-state index is 12.0. The molecule has 0 unspecified atom stereocenters. The highest BCUT2D eigenvalue weighted by Gasteiger charge is 2.11. The van der Waals surface area contributed by atoms with Crippen LogP contribution in [0.4, 0.5) is 0 Å². The average Bonchev–Trinajstić information content (AvgIpc) is 2.59. The summed E-state index contributed by atoms with van der Waals surface area (Å²) < 4.78 is 0. The van der Waals surface area contributed by atoms with Crippen LogP contribution in [0.2, 0.25) is 0 Å². The fraction of sp³-hybridized carbons (Fsp3) is 0.150. The number of aryl methyl sites for hydroxylation is 1. The van der Waals surface area contributed by atoms with E-state index in [-0.39, 0.29) is 11.1 Å². The maximum absolute atomic E-state index is 12.0. The minimum Gasteiger partial charge on any atom is -0.478 e. The van der Waals surface area contributed by atoms with Crippen LogP contribution in [0.3, 0.4) is 0 Å². The lowest BCUT2D eigenvalue weighted by atomic mass is 9.99. The SMILES string of the molecule is CC#Cc1ccc2c(=O)[nH]nc(Cc3ccc(C)c(C(=O)O)c3)c2c1. The first-order valence-corrected chi connectivity index (χ1v) is 7.76. The number of aromatic amines is 1. The summed E-state index contributed by atoms with van der Waals surface area (Å²) in [6, 6.07) is 10.7. The van der Waals surface area contributed by atoms with Gasteiger partial charge >= 0.3 is 5.97 Å². The van der Waals surface area contributed by atoms with Gasteiger partial charge in [0.25, 0.3) is 5.56 Å². The number of aromatic nitrogens is 2. The van der Waals surface area contributed by atoms with E-state index in [1.807, 2.05) is 12.1 Å². The Labute approximate surface area is 144 Å². The van der Waals surface area contributed by atoms with Crippen molar-refractivity contribution in [2.24, 2.45) is 0 Å². The molecule has 0 amide bonds. The molecule has 5 nitrogen and oxygen atoms in total. The Kier molecular flexibility index (Phi) is 4.36. The second-order valence-corrected chi connectivity index (χ2v) is 5.77. The van der Waals surface area contributed by atoms with E-state index in [2.05, 4.69) is 22.0 Å². The summed E-state index contributed by atoms with van der Waals surface area (Å²) in [6.45, 7) is 3.51. The van der Waals surface area contributed by atoms with Crippen LogP contribution in [0.25, 0.3) is 10.8 Å². The van der Waals surface area contributed by atoms with Gasteiger partial charge in [-0.3, -0.25) is 4.79 Å². The molecule has 1 heterocycles. The second-order valence-electron chi connectivity index (χ2n) is 5.77. The van der Waals surface area contributed by atoms with Gasteiger partial charge in [0.05, 0.1) is 16.6 Å². The van der Waals surface area contributed by atoms with E-state index in [0.29, 0.717) is 23.1 Å². The van der Waals surface area contributed by atoms with Gasteiger partial charge in [-0.15, -0.1) is 5.92 Å². The van der Waals surface area contributed by atoms with Crippen LogP contribution in [-0.4, -0.2) is 21.3 Å². The lowest BCUT2D eigenvalue weighted by Gasteiger charge is -2.08. The van der Waals surface area contributed by atoms with Crippen LogP contribution in [-0.2, 0) is 6.42 Å². The van der Waals surface area contributed by atoms with Crippen molar-refractivity contribution in [3.8, 4) is 11.8 Å². The quantitative estimate of drug-likeness (QED) is 0.723. The molecule has 5 heteroatoms. The van der Waals surface area contributed by atoms with Crippen molar-refractivity contribution >= 4 is 16.7 Å². The third kappa shape index (κ3) is 3.29. The number of benzene rings is 2. The van der Waals surface area contributed by atoms with Crippen LogP contribution in [0.15, 0.2) is 41.2 Å². The molecule has 2 N–H and O–H groups in total. The third-order valence-corrected chi connectivity index (χ3v) is 4.04. The number of carbonyl (C=O) groups is 1. The molecule has 3 rings (SSSR count). The number of aromatic carboxylic acids is 1. The van der Waals surface area contributed by atoms with Crippen molar-refractivity contribution in [1.29, 1.82) is 0 Å². The predicted molar refractivity (Wildman–Crippen MR) is 95.9 cm³/mol. The van der Waals surface area contributed by atoms with Crippen molar-refractivity contribution in [2.75, 3.05) is 0 Å². The van der Waals surface area contributed by atoms with Gasteiger partial charge in [-0.2, -0.15) is 5.10 Å². The molecular formula is C20H16N2O3. The zero-order valence-corrected chi connectivity index (χ0v) is 13.9. The number of fused-ring (bicyclic) bond motifs is 1. The molecule has 0 saturated heterocycles. The minimum absolute atomic E-state index is 0.259. The molecule has 2 aromatic carbocycles. The van der Waals surface area contributed by atoms with Crippen molar-refractivity contribution in [1.82, 2.24) is 10.2 Å². The molecule has 124 valence electrons. The van der Waals surface area contributed by atoms with Gasteiger partial charge in [-0.05, 0) is 49.2 Å². The van der Waals surface area contributed by atoms with Crippen molar-refractivity contribution in [3.63, 3.8) is 0 Å². The minimum atomic E-state index is -0.959. The summed E-state index contributed by atoms with van der Waals surface area (Å²) in [6.07, 6.45) is 0.414. The maximum Gasteiger partial charge on any atom is 0.335 e. The Balaban J connectivity index is 2.12. The Bertz CT molecular complexity index is 1100.